The van der Waals surface area contributed by atoms with Gasteiger partial charge in [-0.3, -0.25) is 9.59 Å². The molecule has 0 radical (unpaired) electrons. The summed E-state index contributed by atoms with van der Waals surface area (Å²) in [5.74, 6) is -0.528. The predicted molar refractivity (Wildman–Crippen MR) is 123 cm³/mol. The Balaban J connectivity index is 2.00. The summed E-state index contributed by atoms with van der Waals surface area (Å²) in [6.45, 7) is 8.15. The molecule has 0 unspecified atom stereocenters. The summed E-state index contributed by atoms with van der Waals surface area (Å²) in [4.78, 5) is 28.5. The highest BCUT2D eigenvalue weighted by atomic mass is 32.1. The molecule has 0 saturated heterocycles. The van der Waals surface area contributed by atoms with Crippen LogP contribution in [0.5, 0.6) is 0 Å². The molecule has 1 aromatic heterocycles. The summed E-state index contributed by atoms with van der Waals surface area (Å²) in [5, 5.41) is 8.62. The maximum atomic E-state index is 13.4. The van der Waals surface area contributed by atoms with Gasteiger partial charge in [0.2, 0.25) is 5.91 Å². The standard InChI is InChI=1S/C24H28N4O2S/c1-17-10-12-19(13-11-17)21(22(29)25-24(2,3)4)28(23(30)20-16-31-27-26-20)15-14-18-8-6-5-7-9-18/h5-13,16,21H,14-15H2,1-4H3,(H,25,29)/t21-/m1/s1. The van der Waals surface area contributed by atoms with Crippen LogP contribution in [0.1, 0.15) is 54.0 Å². The smallest absolute Gasteiger partial charge is 0.276 e. The van der Waals surface area contributed by atoms with E-state index < -0.39 is 11.6 Å². The minimum absolute atomic E-state index is 0.221. The molecule has 1 heterocycles. The monoisotopic (exact) mass is 436 g/mol. The first-order chi connectivity index (χ1) is 14.7. The molecule has 0 aliphatic rings. The molecule has 1 N–H and O–H groups in total. The Hall–Kier alpha value is -3.06. The van der Waals surface area contributed by atoms with E-state index in [1.165, 1.54) is 0 Å². The molecular formula is C24H28N4O2S. The van der Waals surface area contributed by atoms with Crippen molar-refractivity contribution >= 4 is 23.3 Å². The van der Waals surface area contributed by atoms with E-state index in [-0.39, 0.29) is 17.5 Å². The molecule has 2 amide bonds. The number of hydrogen-bond donors (Lipinski definition) is 1. The number of aryl methyl sites for hydroxylation is 1. The van der Waals surface area contributed by atoms with Gasteiger partial charge in [-0.05, 0) is 56.8 Å². The topological polar surface area (TPSA) is 75.2 Å². The Labute approximate surface area is 187 Å². The van der Waals surface area contributed by atoms with Gasteiger partial charge < -0.3 is 10.2 Å². The first-order valence-corrected chi connectivity index (χ1v) is 11.1. The van der Waals surface area contributed by atoms with Gasteiger partial charge in [0.25, 0.3) is 5.91 Å². The van der Waals surface area contributed by atoms with Crippen molar-refractivity contribution in [2.75, 3.05) is 6.54 Å². The first kappa shape index (κ1) is 22.6. The van der Waals surface area contributed by atoms with E-state index in [9.17, 15) is 9.59 Å². The van der Waals surface area contributed by atoms with Crippen molar-refractivity contribution in [3.8, 4) is 0 Å². The SMILES string of the molecule is Cc1ccc([C@H](C(=O)NC(C)(C)C)N(CCc2ccccc2)C(=O)c2csnn2)cc1. The molecule has 3 aromatic rings. The van der Waals surface area contributed by atoms with E-state index in [0.717, 1.165) is 28.2 Å². The van der Waals surface area contributed by atoms with Gasteiger partial charge in [0.15, 0.2) is 5.69 Å². The van der Waals surface area contributed by atoms with Gasteiger partial charge in [-0.1, -0.05) is 64.6 Å². The maximum absolute atomic E-state index is 13.4. The largest absolute Gasteiger partial charge is 0.349 e. The average molecular weight is 437 g/mol. The van der Waals surface area contributed by atoms with Crippen LogP contribution < -0.4 is 5.32 Å². The molecule has 0 fully saturated rings. The molecule has 2 aromatic carbocycles. The van der Waals surface area contributed by atoms with Gasteiger partial charge in [0.1, 0.15) is 6.04 Å². The van der Waals surface area contributed by atoms with Crippen LogP contribution in [0, 0.1) is 6.92 Å². The van der Waals surface area contributed by atoms with E-state index in [4.69, 9.17) is 0 Å². The summed E-state index contributed by atoms with van der Waals surface area (Å²) in [5.41, 5.74) is 2.76. The number of nitrogens with zero attached hydrogens (tertiary/aromatic N) is 3. The lowest BCUT2D eigenvalue weighted by Gasteiger charge is -2.33. The highest BCUT2D eigenvalue weighted by Crippen LogP contribution is 2.25. The first-order valence-electron chi connectivity index (χ1n) is 10.2. The van der Waals surface area contributed by atoms with Crippen LogP contribution in [0.3, 0.4) is 0 Å². The fourth-order valence-electron chi connectivity index (χ4n) is 3.31. The molecule has 0 spiro atoms. The number of nitrogens with one attached hydrogen (secondary N) is 1. The molecule has 1 atom stereocenters. The van der Waals surface area contributed by atoms with Crippen LogP contribution in [0.25, 0.3) is 0 Å². The molecule has 0 bridgehead atoms. The van der Waals surface area contributed by atoms with E-state index in [2.05, 4.69) is 14.9 Å². The molecular weight excluding hydrogens is 408 g/mol. The van der Waals surface area contributed by atoms with Crippen molar-refractivity contribution < 1.29 is 9.59 Å². The molecule has 7 heteroatoms. The molecule has 31 heavy (non-hydrogen) atoms. The molecule has 0 saturated carbocycles. The molecule has 0 aliphatic carbocycles. The summed E-state index contributed by atoms with van der Waals surface area (Å²) < 4.78 is 3.84. The third kappa shape index (κ3) is 6.21. The minimum atomic E-state index is -0.780. The number of carbonyl (C=O) groups excluding carboxylic acids is 2. The van der Waals surface area contributed by atoms with Crippen molar-refractivity contribution in [2.45, 2.75) is 45.7 Å². The Morgan fingerprint density at radius 1 is 1.06 bits per heavy atom. The normalized spacial score (nSPS) is 12.3. The van der Waals surface area contributed by atoms with Crippen LogP contribution >= 0.6 is 11.5 Å². The maximum Gasteiger partial charge on any atom is 0.276 e. The Morgan fingerprint density at radius 3 is 2.32 bits per heavy atom. The number of amides is 2. The van der Waals surface area contributed by atoms with E-state index in [0.29, 0.717) is 13.0 Å². The summed E-state index contributed by atoms with van der Waals surface area (Å²) in [6, 6.07) is 16.9. The quantitative estimate of drug-likeness (QED) is 0.603. The van der Waals surface area contributed by atoms with Crippen LogP contribution in [-0.2, 0) is 11.2 Å². The third-order valence-electron chi connectivity index (χ3n) is 4.78. The molecule has 3 rings (SSSR count). The van der Waals surface area contributed by atoms with Crippen molar-refractivity contribution in [1.82, 2.24) is 19.8 Å². The van der Waals surface area contributed by atoms with Gasteiger partial charge in [0.05, 0.1) is 0 Å². The lowest BCUT2D eigenvalue weighted by Crippen LogP contribution is -2.49. The average Bonchev–Trinajstić information content (AvgIpc) is 3.26. The van der Waals surface area contributed by atoms with Crippen molar-refractivity contribution in [2.24, 2.45) is 0 Å². The molecule has 162 valence electrons. The zero-order valence-electron chi connectivity index (χ0n) is 18.3. The van der Waals surface area contributed by atoms with Crippen LogP contribution in [0.4, 0.5) is 0 Å². The van der Waals surface area contributed by atoms with Gasteiger partial charge >= 0.3 is 0 Å². The lowest BCUT2D eigenvalue weighted by atomic mass is 9.99. The Morgan fingerprint density at radius 2 is 1.74 bits per heavy atom. The summed E-state index contributed by atoms with van der Waals surface area (Å²) in [6.07, 6.45) is 0.620. The minimum Gasteiger partial charge on any atom is -0.349 e. The number of hydrogen-bond acceptors (Lipinski definition) is 5. The summed E-state index contributed by atoms with van der Waals surface area (Å²) in [7, 11) is 0. The number of carbonyl (C=O) groups is 2. The van der Waals surface area contributed by atoms with Gasteiger partial charge in [-0.2, -0.15) is 0 Å². The zero-order chi connectivity index (χ0) is 22.4. The second-order valence-corrected chi connectivity index (χ2v) is 9.19. The number of rotatable bonds is 7. The highest BCUT2D eigenvalue weighted by molar-refractivity contribution is 7.03. The van der Waals surface area contributed by atoms with Crippen molar-refractivity contribution in [1.29, 1.82) is 0 Å². The third-order valence-corrected chi connectivity index (χ3v) is 5.28. The Kier molecular flexibility index (Phi) is 7.17. The second kappa shape index (κ2) is 9.83. The highest BCUT2D eigenvalue weighted by Gasteiger charge is 2.34. The fourth-order valence-corrected chi connectivity index (χ4v) is 3.74. The van der Waals surface area contributed by atoms with Crippen LogP contribution in [0.15, 0.2) is 60.0 Å². The van der Waals surface area contributed by atoms with Crippen LogP contribution in [0.2, 0.25) is 0 Å². The summed E-state index contributed by atoms with van der Waals surface area (Å²) >= 11 is 1.12. The van der Waals surface area contributed by atoms with E-state index in [1.54, 1.807) is 10.3 Å². The molecule has 0 aliphatic heterocycles. The zero-order valence-corrected chi connectivity index (χ0v) is 19.1. The van der Waals surface area contributed by atoms with E-state index >= 15 is 0 Å². The van der Waals surface area contributed by atoms with Gasteiger partial charge in [-0.25, -0.2) is 0 Å². The Bertz CT molecular complexity index is 996. The number of benzene rings is 2. The second-order valence-electron chi connectivity index (χ2n) is 8.58. The van der Waals surface area contributed by atoms with Crippen LogP contribution in [-0.4, -0.2) is 38.4 Å². The number of aromatic nitrogens is 2. The van der Waals surface area contributed by atoms with Gasteiger partial charge in [0, 0.05) is 17.5 Å². The fraction of sp³-hybridized carbons (Fsp3) is 0.333. The predicted octanol–water partition coefficient (Wildman–Crippen LogP) is 4.19. The van der Waals surface area contributed by atoms with Gasteiger partial charge in [-0.15, -0.1) is 5.10 Å². The molecule has 6 nitrogen and oxygen atoms in total. The van der Waals surface area contributed by atoms with Crippen molar-refractivity contribution in [3.63, 3.8) is 0 Å². The lowest BCUT2D eigenvalue weighted by molar-refractivity contribution is -0.127. The van der Waals surface area contributed by atoms with Crippen molar-refractivity contribution in [3.05, 3.63) is 82.4 Å². The van der Waals surface area contributed by atoms with E-state index in [1.807, 2.05) is 82.3 Å².